The van der Waals surface area contributed by atoms with Gasteiger partial charge in [-0.25, -0.2) is 9.79 Å². The summed E-state index contributed by atoms with van der Waals surface area (Å²) >= 11 is 1.23. The molecule has 3 aromatic carbocycles. The molecule has 0 amide bonds. The summed E-state index contributed by atoms with van der Waals surface area (Å²) in [4.78, 5) is 33.1. The molecule has 216 valence electrons. The number of carbonyl (C=O) groups is 1. The van der Waals surface area contributed by atoms with E-state index in [1.54, 1.807) is 36.8 Å². The Bertz CT molecular complexity index is 1820. The fraction of sp³-hybridized carbons (Fsp3) is 0.219. The van der Waals surface area contributed by atoms with Crippen molar-refractivity contribution < 1.29 is 28.5 Å². The summed E-state index contributed by atoms with van der Waals surface area (Å²) in [6.07, 6.45) is 1.74. The molecule has 1 aromatic heterocycles. The van der Waals surface area contributed by atoms with Crippen molar-refractivity contribution in [1.29, 1.82) is 0 Å². The number of hydrogen-bond donors (Lipinski definition) is 0. The van der Waals surface area contributed by atoms with Gasteiger partial charge in [0.1, 0.15) is 5.75 Å². The van der Waals surface area contributed by atoms with Gasteiger partial charge < -0.3 is 23.7 Å². The van der Waals surface area contributed by atoms with Gasteiger partial charge in [0.25, 0.3) is 5.56 Å². The summed E-state index contributed by atoms with van der Waals surface area (Å²) < 4.78 is 29.4. The van der Waals surface area contributed by atoms with Crippen LogP contribution < -0.4 is 33.8 Å². The molecule has 0 saturated heterocycles. The number of benzene rings is 3. The molecular formula is C32H30N2O7S. The fourth-order valence-corrected chi connectivity index (χ4v) is 5.90. The van der Waals surface area contributed by atoms with Crippen LogP contribution in [0, 0.1) is 0 Å². The monoisotopic (exact) mass is 586 g/mol. The van der Waals surface area contributed by atoms with E-state index in [1.807, 2.05) is 54.6 Å². The number of rotatable bonds is 9. The van der Waals surface area contributed by atoms with E-state index in [4.69, 9.17) is 28.7 Å². The Morgan fingerprint density at radius 2 is 1.64 bits per heavy atom. The van der Waals surface area contributed by atoms with Crippen molar-refractivity contribution in [2.75, 3.05) is 35.0 Å². The van der Waals surface area contributed by atoms with Crippen LogP contribution in [0.2, 0.25) is 0 Å². The van der Waals surface area contributed by atoms with Gasteiger partial charge >= 0.3 is 5.97 Å². The molecule has 9 nitrogen and oxygen atoms in total. The minimum absolute atomic E-state index is 0.167. The van der Waals surface area contributed by atoms with Crippen LogP contribution in [0.25, 0.3) is 11.8 Å². The lowest BCUT2D eigenvalue weighted by molar-refractivity contribution is -0.138. The normalized spacial score (nSPS) is 14.6. The minimum Gasteiger partial charge on any atom is -0.497 e. The molecule has 5 rings (SSSR count). The standard InChI is InChI=1S/C32H30N2O7S/c1-6-41-31(36)26-27(20-11-8-7-9-12-20)33-32-34(28(26)21-13-10-14-22(18-21)37-2)30(35)25(42-32)17-19-15-23(38-3)29(40-5)24(16-19)39-4/h7-18,28H,6H2,1-5H3/b25-17-/t28-/m1/s1. The molecule has 4 aromatic rings. The minimum atomic E-state index is -0.812. The fourth-order valence-electron chi connectivity index (χ4n) is 4.90. The molecule has 1 atom stereocenters. The van der Waals surface area contributed by atoms with Crippen molar-refractivity contribution in [1.82, 2.24) is 4.57 Å². The van der Waals surface area contributed by atoms with E-state index in [2.05, 4.69) is 0 Å². The third-order valence-corrected chi connectivity index (χ3v) is 7.75. The molecule has 0 N–H and O–H groups in total. The average Bonchev–Trinajstić information content (AvgIpc) is 3.34. The summed E-state index contributed by atoms with van der Waals surface area (Å²) in [5, 5.41) is 0. The van der Waals surface area contributed by atoms with E-state index in [0.29, 0.717) is 49.2 Å². The van der Waals surface area contributed by atoms with E-state index in [1.165, 1.54) is 32.7 Å². The quantitative estimate of drug-likeness (QED) is 0.274. The molecule has 0 bridgehead atoms. The van der Waals surface area contributed by atoms with Gasteiger partial charge in [-0.3, -0.25) is 9.36 Å². The van der Waals surface area contributed by atoms with Crippen molar-refractivity contribution in [3.63, 3.8) is 0 Å². The zero-order chi connectivity index (χ0) is 29.8. The SMILES string of the molecule is CCOC(=O)C1=C(c2ccccc2)N=c2s/c(=C\c3cc(OC)c(OC)c(OC)c3)c(=O)n2[C@@H]1c1cccc(OC)c1. The number of esters is 1. The average molecular weight is 587 g/mol. The Hall–Kier alpha value is -4.83. The second-order valence-corrected chi connectivity index (χ2v) is 10.2. The molecule has 42 heavy (non-hydrogen) atoms. The predicted molar refractivity (Wildman–Crippen MR) is 160 cm³/mol. The summed E-state index contributed by atoms with van der Waals surface area (Å²) in [5.41, 5.74) is 2.48. The van der Waals surface area contributed by atoms with Crippen LogP contribution in [0.3, 0.4) is 0 Å². The first-order chi connectivity index (χ1) is 20.4. The van der Waals surface area contributed by atoms with Gasteiger partial charge in [0, 0.05) is 5.56 Å². The lowest BCUT2D eigenvalue weighted by atomic mass is 9.93. The topological polar surface area (TPSA) is 97.6 Å². The Labute approximate surface area is 246 Å². The van der Waals surface area contributed by atoms with Crippen molar-refractivity contribution in [2.45, 2.75) is 13.0 Å². The molecule has 0 unspecified atom stereocenters. The van der Waals surface area contributed by atoms with Crippen molar-refractivity contribution in [3.8, 4) is 23.0 Å². The smallest absolute Gasteiger partial charge is 0.338 e. The van der Waals surface area contributed by atoms with Crippen LogP contribution in [-0.2, 0) is 9.53 Å². The van der Waals surface area contributed by atoms with E-state index in [9.17, 15) is 9.59 Å². The van der Waals surface area contributed by atoms with Crippen LogP contribution in [-0.4, -0.2) is 45.6 Å². The number of hydrogen-bond acceptors (Lipinski definition) is 9. The van der Waals surface area contributed by atoms with Gasteiger partial charge in [-0.1, -0.05) is 53.8 Å². The highest BCUT2D eigenvalue weighted by Gasteiger charge is 2.35. The van der Waals surface area contributed by atoms with Crippen LogP contribution in [0.15, 0.2) is 82.1 Å². The third kappa shape index (κ3) is 5.28. The van der Waals surface area contributed by atoms with Crippen LogP contribution in [0.4, 0.5) is 0 Å². The molecule has 10 heteroatoms. The summed E-state index contributed by atoms with van der Waals surface area (Å²) in [6.45, 7) is 1.91. The number of ether oxygens (including phenoxy) is 5. The first kappa shape index (κ1) is 28.7. The van der Waals surface area contributed by atoms with E-state index < -0.39 is 12.0 Å². The molecule has 2 heterocycles. The lowest BCUT2D eigenvalue weighted by Crippen LogP contribution is -2.40. The molecule has 0 fully saturated rings. The number of carbonyl (C=O) groups excluding carboxylic acids is 1. The Morgan fingerprint density at radius 1 is 0.929 bits per heavy atom. The van der Waals surface area contributed by atoms with Gasteiger partial charge in [0.15, 0.2) is 16.3 Å². The number of methoxy groups -OCH3 is 4. The van der Waals surface area contributed by atoms with Crippen LogP contribution in [0.1, 0.15) is 29.7 Å². The largest absolute Gasteiger partial charge is 0.497 e. The Balaban J connectivity index is 1.82. The highest BCUT2D eigenvalue weighted by Crippen LogP contribution is 2.39. The number of nitrogens with zero attached hydrogens (tertiary/aromatic N) is 2. The van der Waals surface area contributed by atoms with Gasteiger partial charge in [0.2, 0.25) is 5.75 Å². The Morgan fingerprint density at radius 3 is 2.26 bits per heavy atom. The first-order valence-electron chi connectivity index (χ1n) is 13.2. The van der Waals surface area contributed by atoms with Gasteiger partial charge in [0.05, 0.1) is 56.9 Å². The van der Waals surface area contributed by atoms with Crippen molar-refractivity contribution in [2.24, 2.45) is 4.99 Å². The third-order valence-electron chi connectivity index (χ3n) is 6.77. The maximum absolute atomic E-state index is 14.1. The second kappa shape index (κ2) is 12.4. The Kier molecular flexibility index (Phi) is 8.44. The van der Waals surface area contributed by atoms with E-state index in [0.717, 1.165) is 5.56 Å². The molecule has 1 aliphatic rings. The molecule has 1 aliphatic heterocycles. The molecule has 0 saturated carbocycles. The van der Waals surface area contributed by atoms with Gasteiger partial charge in [-0.15, -0.1) is 0 Å². The molecule has 0 spiro atoms. The highest BCUT2D eigenvalue weighted by molar-refractivity contribution is 7.07. The van der Waals surface area contributed by atoms with Gasteiger partial charge in [-0.2, -0.15) is 0 Å². The van der Waals surface area contributed by atoms with Gasteiger partial charge in [-0.05, 0) is 48.4 Å². The zero-order valence-corrected chi connectivity index (χ0v) is 24.7. The number of thiazole rings is 1. The van der Waals surface area contributed by atoms with Crippen molar-refractivity contribution in [3.05, 3.63) is 109 Å². The predicted octanol–water partition coefficient (Wildman–Crippen LogP) is 3.97. The highest BCUT2D eigenvalue weighted by atomic mass is 32.1. The second-order valence-electron chi connectivity index (χ2n) is 9.17. The summed E-state index contributed by atoms with van der Waals surface area (Å²) in [6, 6.07) is 19.4. The number of aromatic nitrogens is 1. The lowest BCUT2D eigenvalue weighted by Gasteiger charge is -2.26. The van der Waals surface area contributed by atoms with E-state index in [-0.39, 0.29) is 17.7 Å². The number of fused-ring (bicyclic) bond motifs is 1. The van der Waals surface area contributed by atoms with E-state index >= 15 is 0 Å². The first-order valence-corrected chi connectivity index (χ1v) is 14.0. The maximum Gasteiger partial charge on any atom is 0.338 e. The van der Waals surface area contributed by atoms with Crippen LogP contribution >= 0.6 is 11.3 Å². The van der Waals surface area contributed by atoms with Crippen molar-refractivity contribution >= 4 is 29.1 Å². The van der Waals surface area contributed by atoms with Crippen LogP contribution in [0.5, 0.6) is 23.0 Å². The molecule has 0 aliphatic carbocycles. The zero-order valence-electron chi connectivity index (χ0n) is 23.9. The summed E-state index contributed by atoms with van der Waals surface area (Å²) in [7, 11) is 6.16. The summed E-state index contributed by atoms with van der Waals surface area (Å²) in [5.74, 6) is 1.41. The molecular weight excluding hydrogens is 556 g/mol. The molecule has 0 radical (unpaired) electrons. The maximum atomic E-state index is 14.1.